The van der Waals surface area contributed by atoms with Gasteiger partial charge in [0.15, 0.2) is 0 Å². The number of carboxylic acid groups (broad SMARTS) is 1. The lowest BCUT2D eigenvalue weighted by Gasteiger charge is -2.18. The molecule has 0 aliphatic carbocycles. The summed E-state index contributed by atoms with van der Waals surface area (Å²) in [6, 6.07) is 3.51. The van der Waals surface area contributed by atoms with Gasteiger partial charge in [0.1, 0.15) is 5.75 Å². The number of phenolic OH excluding ortho intramolecular Hbond substituents is 1. The first-order valence-corrected chi connectivity index (χ1v) is 6.08. The summed E-state index contributed by atoms with van der Waals surface area (Å²) in [5, 5.41) is 29.5. The summed E-state index contributed by atoms with van der Waals surface area (Å²) in [4.78, 5) is 22.0. The number of benzene rings is 1. The van der Waals surface area contributed by atoms with Gasteiger partial charge < -0.3 is 15.1 Å². The maximum atomic E-state index is 10.9. The molecule has 0 saturated carbocycles. The lowest BCUT2D eigenvalue weighted by molar-refractivity contribution is -0.385. The van der Waals surface area contributed by atoms with Gasteiger partial charge in [0.25, 0.3) is 5.69 Å². The van der Waals surface area contributed by atoms with Crippen LogP contribution in [0.15, 0.2) is 18.2 Å². The molecule has 1 amide bonds. The van der Waals surface area contributed by atoms with Gasteiger partial charge in [0.05, 0.1) is 11.5 Å². The number of nitro benzene ring substituents is 1. The number of hydrogen-bond acceptors (Lipinski definition) is 4. The van der Waals surface area contributed by atoms with Crippen LogP contribution in [0, 0.1) is 10.1 Å². The quantitative estimate of drug-likeness (QED) is 0.492. The van der Waals surface area contributed by atoms with Crippen molar-refractivity contribution in [2.75, 3.05) is 11.9 Å². The van der Waals surface area contributed by atoms with Crippen LogP contribution in [0.25, 0.3) is 0 Å². The number of non-ortho nitro benzene ring substituents is 1. The van der Waals surface area contributed by atoms with Crippen LogP contribution in [-0.4, -0.2) is 38.0 Å². The van der Waals surface area contributed by atoms with E-state index in [9.17, 15) is 20.0 Å². The van der Waals surface area contributed by atoms with Crippen molar-refractivity contribution in [2.24, 2.45) is 0 Å². The zero-order valence-electron chi connectivity index (χ0n) is 9.24. The molecule has 8 heteroatoms. The summed E-state index contributed by atoms with van der Waals surface area (Å²) in [5.41, 5.74) is 0.0135. The fourth-order valence-electron chi connectivity index (χ4n) is 1.36. The molecule has 0 aliphatic heterocycles. The molecule has 1 aromatic carbocycles. The molecule has 0 spiro atoms. The van der Waals surface area contributed by atoms with Crippen LogP contribution in [0.4, 0.5) is 10.5 Å². The number of carbonyl (C=O) groups is 1. The Labute approximate surface area is 111 Å². The van der Waals surface area contributed by atoms with Gasteiger partial charge in [-0.15, -0.1) is 0 Å². The summed E-state index contributed by atoms with van der Waals surface area (Å²) in [5.74, 6) is -0.165. The van der Waals surface area contributed by atoms with Gasteiger partial charge in [-0.05, 0) is 6.07 Å². The summed E-state index contributed by atoms with van der Waals surface area (Å²) in [7, 11) is 0. The van der Waals surface area contributed by atoms with Crippen LogP contribution < -0.4 is 0 Å². The highest BCUT2D eigenvalue weighted by molar-refractivity contribution is 9.09. The standard InChI is InChI=1S/C10H11BrN2O5/c11-3-4-12(10(15)16)6-7-5-8(13(17)18)1-2-9(7)14/h1-2,5,14H,3-4,6H2,(H,15,16). The molecule has 0 unspecified atom stereocenters. The van der Waals surface area contributed by atoms with E-state index in [1.807, 2.05) is 0 Å². The van der Waals surface area contributed by atoms with Crippen LogP contribution in [0.2, 0.25) is 0 Å². The minimum absolute atomic E-state index is 0.103. The first kappa shape index (κ1) is 14.2. The number of nitrogens with zero attached hydrogens (tertiary/aromatic N) is 2. The van der Waals surface area contributed by atoms with Crippen molar-refractivity contribution < 1.29 is 19.9 Å². The Kier molecular flexibility index (Phi) is 4.90. The van der Waals surface area contributed by atoms with Crippen LogP contribution >= 0.6 is 15.9 Å². The van der Waals surface area contributed by atoms with Crippen molar-refractivity contribution in [1.82, 2.24) is 4.90 Å². The Morgan fingerprint density at radius 2 is 2.17 bits per heavy atom. The number of aromatic hydroxyl groups is 1. The van der Waals surface area contributed by atoms with Crippen LogP contribution in [0.5, 0.6) is 5.75 Å². The number of nitro groups is 1. The van der Waals surface area contributed by atoms with Crippen molar-refractivity contribution in [3.63, 3.8) is 0 Å². The van der Waals surface area contributed by atoms with Crippen molar-refractivity contribution in [2.45, 2.75) is 6.54 Å². The topological polar surface area (TPSA) is 104 Å². The van der Waals surface area contributed by atoms with E-state index in [0.29, 0.717) is 5.33 Å². The van der Waals surface area contributed by atoms with E-state index >= 15 is 0 Å². The third kappa shape index (κ3) is 3.59. The van der Waals surface area contributed by atoms with Gasteiger partial charge in [0.2, 0.25) is 0 Å². The molecule has 1 rings (SSSR count). The van der Waals surface area contributed by atoms with Crippen molar-refractivity contribution >= 4 is 27.7 Å². The molecule has 0 heterocycles. The van der Waals surface area contributed by atoms with Crippen molar-refractivity contribution in [3.05, 3.63) is 33.9 Å². The fourth-order valence-corrected chi connectivity index (χ4v) is 1.79. The molecule has 2 N–H and O–H groups in total. The molecule has 18 heavy (non-hydrogen) atoms. The highest BCUT2D eigenvalue weighted by atomic mass is 79.9. The number of halogens is 1. The molecular formula is C10H11BrN2O5. The van der Waals surface area contributed by atoms with Crippen LogP contribution in [0.3, 0.4) is 0 Å². The average molecular weight is 319 g/mol. The summed E-state index contributed by atoms with van der Waals surface area (Å²) < 4.78 is 0. The maximum absolute atomic E-state index is 10.9. The van der Waals surface area contributed by atoms with Gasteiger partial charge in [-0.1, -0.05) is 15.9 Å². The van der Waals surface area contributed by atoms with E-state index in [-0.39, 0.29) is 30.1 Å². The largest absolute Gasteiger partial charge is 0.508 e. The SMILES string of the molecule is O=C(O)N(CCBr)Cc1cc([N+](=O)[O-])ccc1O. The van der Waals surface area contributed by atoms with Crippen LogP contribution in [0.1, 0.15) is 5.56 Å². The Bertz CT molecular complexity index is 466. The second-order valence-corrected chi connectivity index (χ2v) is 4.26. The van der Waals surface area contributed by atoms with E-state index in [0.717, 1.165) is 11.0 Å². The number of phenols is 1. The minimum Gasteiger partial charge on any atom is -0.508 e. The Balaban J connectivity index is 2.97. The molecule has 0 aliphatic rings. The molecule has 0 bridgehead atoms. The first-order valence-electron chi connectivity index (χ1n) is 4.96. The lowest BCUT2D eigenvalue weighted by Crippen LogP contribution is -2.30. The molecule has 0 aromatic heterocycles. The number of hydrogen-bond donors (Lipinski definition) is 2. The Morgan fingerprint density at radius 3 is 2.67 bits per heavy atom. The average Bonchev–Trinajstić information content (AvgIpc) is 2.30. The van der Waals surface area contributed by atoms with E-state index in [1.165, 1.54) is 12.1 Å². The second-order valence-electron chi connectivity index (χ2n) is 3.46. The molecule has 0 radical (unpaired) electrons. The predicted octanol–water partition coefficient (Wildman–Crippen LogP) is 2.18. The smallest absolute Gasteiger partial charge is 0.407 e. The highest BCUT2D eigenvalue weighted by Crippen LogP contribution is 2.24. The molecule has 98 valence electrons. The molecule has 1 aromatic rings. The summed E-state index contributed by atoms with van der Waals surface area (Å²) >= 11 is 3.11. The maximum Gasteiger partial charge on any atom is 0.407 e. The number of rotatable bonds is 5. The van der Waals surface area contributed by atoms with E-state index in [4.69, 9.17) is 5.11 Å². The lowest BCUT2D eigenvalue weighted by atomic mass is 10.1. The zero-order valence-corrected chi connectivity index (χ0v) is 10.8. The third-order valence-electron chi connectivity index (χ3n) is 2.26. The molecule has 0 fully saturated rings. The van der Waals surface area contributed by atoms with Gasteiger partial charge in [-0.25, -0.2) is 4.79 Å². The molecule has 0 saturated heterocycles. The number of alkyl halides is 1. The van der Waals surface area contributed by atoms with Crippen molar-refractivity contribution in [3.8, 4) is 5.75 Å². The molecule has 7 nitrogen and oxygen atoms in total. The minimum atomic E-state index is -1.15. The highest BCUT2D eigenvalue weighted by Gasteiger charge is 2.16. The fraction of sp³-hybridized carbons (Fsp3) is 0.300. The van der Waals surface area contributed by atoms with Crippen molar-refractivity contribution in [1.29, 1.82) is 0 Å². The predicted molar refractivity (Wildman–Crippen MR) is 67.0 cm³/mol. The van der Waals surface area contributed by atoms with Gasteiger partial charge >= 0.3 is 6.09 Å². The van der Waals surface area contributed by atoms with E-state index < -0.39 is 11.0 Å². The van der Waals surface area contributed by atoms with Gasteiger partial charge in [-0.3, -0.25) is 10.1 Å². The Morgan fingerprint density at radius 1 is 1.50 bits per heavy atom. The van der Waals surface area contributed by atoms with E-state index in [2.05, 4.69) is 15.9 Å². The second kappa shape index (κ2) is 6.20. The normalized spacial score (nSPS) is 10.1. The zero-order chi connectivity index (χ0) is 13.7. The molecular weight excluding hydrogens is 308 g/mol. The summed E-state index contributed by atoms with van der Waals surface area (Å²) in [6.07, 6.45) is -1.15. The van der Waals surface area contributed by atoms with E-state index in [1.54, 1.807) is 0 Å². The van der Waals surface area contributed by atoms with Gasteiger partial charge in [-0.2, -0.15) is 0 Å². The first-order chi connectivity index (χ1) is 8.45. The molecule has 0 atom stereocenters. The summed E-state index contributed by atoms with van der Waals surface area (Å²) in [6.45, 7) is 0.117. The van der Waals surface area contributed by atoms with Gasteiger partial charge in [0, 0.05) is 29.6 Å². The monoisotopic (exact) mass is 318 g/mol. The number of amides is 1. The third-order valence-corrected chi connectivity index (χ3v) is 2.61. The van der Waals surface area contributed by atoms with Crippen LogP contribution in [-0.2, 0) is 6.54 Å². The Hall–Kier alpha value is -1.83.